The van der Waals surface area contributed by atoms with Crippen molar-refractivity contribution in [1.82, 2.24) is 19.1 Å². The number of unbranched alkanes of at least 4 members (excludes halogenated alkanes) is 2. The molecule has 222 valence electrons. The van der Waals surface area contributed by atoms with Crippen LogP contribution in [0.4, 0.5) is 11.9 Å². The van der Waals surface area contributed by atoms with Gasteiger partial charge in [0, 0.05) is 33.3 Å². The van der Waals surface area contributed by atoms with E-state index >= 15 is 0 Å². The van der Waals surface area contributed by atoms with Gasteiger partial charge in [-0.1, -0.05) is 63.1 Å². The SMILES string of the molecule is CCCCNc1nc2c(sc3cc4sc5c(=O)n(-c6ccccc6)c(NCCCC)nc5c4cc32)c(=O)n1-c1ccccc1. The van der Waals surface area contributed by atoms with Crippen molar-refractivity contribution in [3.05, 3.63) is 93.5 Å². The highest BCUT2D eigenvalue weighted by Gasteiger charge is 2.21. The van der Waals surface area contributed by atoms with Crippen LogP contribution in [-0.2, 0) is 0 Å². The first-order chi connectivity index (χ1) is 21.6. The lowest BCUT2D eigenvalue weighted by Crippen LogP contribution is -2.23. The molecule has 0 spiro atoms. The fourth-order valence-corrected chi connectivity index (χ4v) is 7.77. The Morgan fingerprint density at radius 3 is 1.48 bits per heavy atom. The van der Waals surface area contributed by atoms with E-state index in [2.05, 4.69) is 36.6 Å². The van der Waals surface area contributed by atoms with Crippen LogP contribution in [0.25, 0.3) is 52.0 Å². The predicted molar refractivity (Wildman–Crippen MR) is 186 cm³/mol. The van der Waals surface area contributed by atoms with Gasteiger partial charge >= 0.3 is 0 Å². The summed E-state index contributed by atoms with van der Waals surface area (Å²) in [7, 11) is 0. The molecule has 3 aromatic carbocycles. The van der Waals surface area contributed by atoms with Crippen LogP contribution < -0.4 is 21.8 Å². The van der Waals surface area contributed by atoms with E-state index in [1.54, 1.807) is 9.13 Å². The third-order valence-corrected chi connectivity index (χ3v) is 10.0. The molecule has 0 aliphatic heterocycles. The van der Waals surface area contributed by atoms with Gasteiger partial charge < -0.3 is 10.6 Å². The second-order valence-electron chi connectivity index (χ2n) is 10.8. The van der Waals surface area contributed by atoms with Crippen molar-refractivity contribution in [2.45, 2.75) is 39.5 Å². The minimum absolute atomic E-state index is 0.0964. The van der Waals surface area contributed by atoms with Crippen LogP contribution in [0.15, 0.2) is 82.4 Å². The van der Waals surface area contributed by atoms with E-state index in [1.807, 2.05) is 60.7 Å². The molecule has 0 fully saturated rings. The number of hydrogen-bond acceptors (Lipinski definition) is 8. The van der Waals surface area contributed by atoms with Gasteiger partial charge in [0.25, 0.3) is 11.1 Å². The Labute approximate surface area is 261 Å². The Bertz CT molecular complexity index is 2090. The van der Waals surface area contributed by atoms with E-state index < -0.39 is 0 Å². The second kappa shape index (κ2) is 11.9. The molecule has 44 heavy (non-hydrogen) atoms. The summed E-state index contributed by atoms with van der Waals surface area (Å²) in [6.45, 7) is 5.71. The summed E-state index contributed by atoms with van der Waals surface area (Å²) in [6.07, 6.45) is 4.00. The molecule has 0 bridgehead atoms. The zero-order valence-electron chi connectivity index (χ0n) is 24.6. The van der Waals surface area contributed by atoms with Gasteiger partial charge in [-0.2, -0.15) is 0 Å². The summed E-state index contributed by atoms with van der Waals surface area (Å²) >= 11 is 2.89. The number of para-hydroxylation sites is 2. The maximum absolute atomic E-state index is 14.0. The van der Waals surface area contributed by atoms with Gasteiger partial charge in [-0.3, -0.25) is 9.59 Å². The van der Waals surface area contributed by atoms with Gasteiger partial charge in [-0.05, 0) is 49.2 Å². The number of anilines is 2. The standard InChI is InChI=1S/C34H32N6O2S2/c1-3-5-17-35-33-37-27-23-19-24-26(20-25(23)43-29(27)31(41)39(33)21-13-9-7-10-14-21)44-30-28(24)38-34(36-18-6-4-2)40(32(30)42)22-15-11-8-12-16-22/h7-16,19-20H,3-6,17-18H2,1-2H3,(H,35,37)(H,36,38). The van der Waals surface area contributed by atoms with Crippen molar-refractivity contribution in [3.8, 4) is 11.4 Å². The van der Waals surface area contributed by atoms with Crippen LogP contribution in [0.2, 0.25) is 0 Å². The minimum Gasteiger partial charge on any atom is -0.355 e. The zero-order chi connectivity index (χ0) is 30.2. The highest BCUT2D eigenvalue weighted by atomic mass is 32.1. The summed E-state index contributed by atoms with van der Waals surface area (Å²) in [6, 6.07) is 23.4. The smallest absolute Gasteiger partial charge is 0.277 e. The maximum Gasteiger partial charge on any atom is 0.277 e. The lowest BCUT2D eigenvalue weighted by atomic mass is 10.1. The van der Waals surface area contributed by atoms with E-state index in [0.717, 1.165) is 57.2 Å². The third-order valence-electron chi connectivity index (χ3n) is 7.76. The van der Waals surface area contributed by atoms with Gasteiger partial charge in [-0.15, -0.1) is 22.7 Å². The average molecular weight is 621 g/mol. The number of thiophene rings is 2. The molecule has 0 radical (unpaired) electrons. The first kappa shape index (κ1) is 28.2. The molecule has 0 atom stereocenters. The summed E-state index contributed by atoms with van der Waals surface area (Å²) in [4.78, 5) is 38.1. The zero-order valence-corrected chi connectivity index (χ0v) is 26.2. The number of benzene rings is 3. The fraction of sp³-hybridized carbons (Fsp3) is 0.235. The first-order valence-corrected chi connectivity index (χ1v) is 16.7. The largest absolute Gasteiger partial charge is 0.355 e. The van der Waals surface area contributed by atoms with Crippen molar-refractivity contribution in [2.24, 2.45) is 0 Å². The Balaban J connectivity index is 1.47. The number of hydrogen-bond donors (Lipinski definition) is 2. The van der Waals surface area contributed by atoms with Crippen molar-refractivity contribution >= 4 is 75.2 Å². The molecular weight excluding hydrogens is 589 g/mol. The number of nitrogens with zero attached hydrogens (tertiary/aromatic N) is 4. The third kappa shape index (κ3) is 4.84. The van der Waals surface area contributed by atoms with Crippen LogP contribution in [-0.4, -0.2) is 32.2 Å². The quantitative estimate of drug-likeness (QED) is 0.151. The summed E-state index contributed by atoms with van der Waals surface area (Å²) in [5.74, 6) is 1.06. The lowest BCUT2D eigenvalue weighted by molar-refractivity contribution is 0.817. The molecule has 0 aliphatic rings. The van der Waals surface area contributed by atoms with Crippen molar-refractivity contribution < 1.29 is 0 Å². The average Bonchev–Trinajstić information content (AvgIpc) is 3.59. The van der Waals surface area contributed by atoms with Crippen LogP contribution in [0.1, 0.15) is 39.5 Å². The van der Waals surface area contributed by atoms with Crippen LogP contribution in [0.5, 0.6) is 0 Å². The minimum atomic E-state index is -0.0964. The summed E-state index contributed by atoms with van der Waals surface area (Å²) < 4.78 is 6.47. The van der Waals surface area contributed by atoms with Gasteiger partial charge in [0.2, 0.25) is 11.9 Å². The molecule has 8 nitrogen and oxygen atoms in total. The Hall–Kier alpha value is -4.54. The Morgan fingerprint density at radius 1 is 0.636 bits per heavy atom. The second-order valence-corrected chi connectivity index (χ2v) is 12.9. The molecule has 0 amide bonds. The van der Waals surface area contributed by atoms with Crippen LogP contribution in [0, 0.1) is 0 Å². The molecule has 0 unspecified atom stereocenters. The lowest BCUT2D eigenvalue weighted by Gasteiger charge is -2.14. The molecule has 7 rings (SSSR count). The molecule has 10 heteroatoms. The number of aromatic nitrogens is 4. The topological polar surface area (TPSA) is 93.8 Å². The molecule has 4 aromatic heterocycles. The van der Waals surface area contributed by atoms with Crippen LogP contribution >= 0.6 is 22.7 Å². The van der Waals surface area contributed by atoms with Gasteiger partial charge in [0.05, 0.1) is 22.4 Å². The number of fused-ring (bicyclic) bond motifs is 6. The van der Waals surface area contributed by atoms with Crippen LogP contribution in [0.3, 0.4) is 0 Å². The highest BCUT2D eigenvalue weighted by Crippen LogP contribution is 2.40. The van der Waals surface area contributed by atoms with E-state index in [0.29, 0.717) is 45.4 Å². The molecule has 0 aliphatic carbocycles. The fourth-order valence-electron chi connectivity index (χ4n) is 5.50. The van der Waals surface area contributed by atoms with Crippen molar-refractivity contribution in [3.63, 3.8) is 0 Å². The van der Waals surface area contributed by atoms with E-state index in [1.165, 1.54) is 22.7 Å². The normalized spacial score (nSPS) is 11.7. The van der Waals surface area contributed by atoms with Crippen molar-refractivity contribution in [1.29, 1.82) is 0 Å². The molecule has 2 N–H and O–H groups in total. The summed E-state index contributed by atoms with van der Waals surface area (Å²) in [5, 5.41) is 8.62. The van der Waals surface area contributed by atoms with E-state index in [-0.39, 0.29) is 11.1 Å². The van der Waals surface area contributed by atoms with E-state index in [9.17, 15) is 9.59 Å². The predicted octanol–water partition coefficient (Wildman–Crippen LogP) is 7.94. The Kier molecular flexibility index (Phi) is 7.61. The number of rotatable bonds is 10. The van der Waals surface area contributed by atoms with E-state index in [4.69, 9.17) is 9.97 Å². The molecular formula is C34H32N6O2S2. The van der Waals surface area contributed by atoms with Crippen molar-refractivity contribution in [2.75, 3.05) is 23.7 Å². The van der Waals surface area contributed by atoms with Gasteiger partial charge in [0.15, 0.2) is 0 Å². The monoisotopic (exact) mass is 620 g/mol. The first-order valence-electron chi connectivity index (χ1n) is 15.1. The number of nitrogens with one attached hydrogen (secondary N) is 2. The summed E-state index contributed by atoms with van der Waals surface area (Å²) in [5.41, 5.74) is 2.69. The molecule has 0 saturated carbocycles. The van der Waals surface area contributed by atoms with Gasteiger partial charge in [-0.25, -0.2) is 19.1 Å². The maximum atomic E-state index is 14.0. The molecule has 0 saturated heterocycles. The highest BCUT2D eigenvalue weighted by molar-refractivity contribution is 7.27. The van der Waals surface area contributed by atoms with Gasteiger partial charge in [0.1, 0.15) is 9.40 Å². The Morgan fingerprint density at radius 2 is 1.07 bits per heavy atom. The molecule has 7 aromatic rings. The molecule has 4 heterocycles.